The largest absolute Gasteiger partial charge is 0.494 e. The Morgan fingerprint density at radius 1 is 0.972 bits per heavy atom. The molecule has 0 N–H and O–H groups in total. The van der Waals surface area contributed by atoms with E-state index in [2.05, 4.69) is 29.0 Å². The molecule has 3 aromatic carbocycles. The zero-order valence-corrected chi connectivity index (χ0v) is 21.6. The van der Waals surface area contributed by atoms with Gasteiger partial charge in [0.05, 0.1) is 24.4 Å². The first-order valence-electron chi connectivity index (χ1n) is 11.5. The van der Waals surface area contributed by atoms with Crippen molar-refractivity contribution in [3.8, 4) is 28.1 Å². The van der Waals surface area contributed by atoms with Gasteiger partial charge in [-0.2, -0.15) is 0 Å². The van der Waals surface area contributed by atoms with E-state index in [1.165, 1.54) is 7.11 Å². The minimum Gasteiger partial charge on any atom is -0.494 e. The molecule has 0 bridgehead atoms. The zero-order chi connectivity index (χ0) is 25.5. The Labute approximate surface area is 220 Å². The molecule has 0 spiro atoms. The van der Waals surface area contributed by atoms with Crippen LogP contribution < -0.4 is 4.74 Å². The standard InChI is InChI=1S/C29H26Cl2N2O3/c1-33-19-27(25-15-12-23(30)18-26(25)31)32-28(33)16-7-20-5-8-21(9-6-20)22-10-13-24(14-11-22)36-17-3-4-29(34)35-2/h5-16,18-19H,3-4,17H2,1-2H3. The summed E-state index contributed by atoms with van der Waals surface area (Å²) in [6.45, 7) is 0.472. The highest BCUT2D eigenvalue weighted by Crippen LogP contribution is 2.30. The minimum atomic E-state index is -0.222. The maximum atomic E-state index is 11.2. The molecule has 7 heteroatoms. The van der Waals surface area contributed by atoms with Crippen LogP contribution in [-0.2, 0) is 16.6 Å². The van der Waals surface area contributed by atoms with E-state index in [0.717, 1.165) is 39.5 Å². The van der Waals surface area contributed by atoms with Gasteiger partial charge in [-0.25, -0.2) is 4.98 Å². The molecule has 0 atom stereocenters. The molecule has 0 unspecified atom stereocenters. The molecule has 0 fully saturated rings. The topological polar surface area (TPSA) is 53.4 Å². The number of nitrogens with zero attached hydrogens (tertiary/aromatic N) is 2. The third-order valence-electron chi connectivity index (χ3n) is 5.66. The van der Waals surface area contributed by atoms with Crippen molar-refractivity contribution in [2.45, 2.75) is 12.8 Å². The molecular weight excluding hydrogens is 495 g/mol. The van der Waals surface area contributed by atoms with Gasteiger partial charge in [0.25, 0.3) is 0 Å². The van der Waals surface area contributed by atoms with Crippen molar-refractivity contribution >= 4 is 41.3 Å². The second-order valence-electron chi connectivity index (χ2n) is 8.23. The lowest BCUT2D eigenvalue weighted by atomic mass is 10.0. The van der Waals surface area contributed by atoms with E-state index in [9.17, 15) is 4.79 Å². The van der Waals surface area contributed by atoms with Crippen molar-refractivity contribution in [2.75, 3.05) is 13.7 Å². The monoisotopic (exact) mass is 520 g/mol. The average Bonchev–Trinajstić information content (AvgIpc) is 3.25. The van der Waals surface area contributed by atoms with E-state index in [1.807, 2.05) is 66.4 Å². The van der Waals surface area contributed by atoms with Crippen LogP contribution in [0.2, 0.25) is 10.0 Å². The van der Waals surface area contributed by atoms with Gasteiger partial charge in [-0.05, 0) is 59.5 Å². The van der Waals surface area contributed by atoms with E-state index >= 15 is 0 Å². The van der Waals surface area contributed by atoms with Crippen LogP contribution in [0.1, 0.15) is 24.2 Å². The highest BCUT2D eigenvalue weighted by Gasteiger charge is 2.09. The number of rotatable bonds is 9. The second-order valence-corrected chi connectivity index (χ2v) is 9.07. The van der Waals surface area contributed by atoms with Crippen LogP contribution in [0.4, 0.5) is 0 Å². The third-order valence-corrected chi connectivity index (χ3v) is 6.21. The number of ether oxygens (including phenoxy) is 2. The number of carbonyl (C=O) groups is 1. The van der Waals surface area contributed by atoms with E-state index in [0.29, 0.717) is 29.5 Å². The van der Waals surface area contributed by atoms with E-state index < -0.39 is 0 Å². The lowest BCUT2D eigenvalue weighted by Crippen LogP contribution is -2.04. The molecule has 0 saturated carbocycles. The Hall–Kier alpha value is -3.54. The lowest BCUT2D eigenvalue weighted by molar-refractivity contribution is -0.140. The number of esters is 1. The second kappa shape index (κ2) is 11.9. The first-order valence-corrected chi connectivity index (χ1v) is 12.3. The van der Waals surface area contributed by atoms with Crippen molar-refractivity contribution in [1.29, 1.82) is 0 Å². The molecule has 184 valence electrons. The molecule has 5 nitrogen and oxygen atoms in total. The Morgan fingerprint density at radius 3 is 2.33 bits per heavy atom. The van der Waals surface area contributed by atoms with Crippen molar-refractivity contribution in [1.82, 2.24) is 9.55 Å². The number of hydrogen-bond donors (Lipinski definition) is 0. The number of imidazole rings is 1. The fraction of sp³-hybridized carbons (Fsp3) is 0.172. The van der Waals surface area contributed by atoms with Crippen LogP contribution in [0.5, 0.6) is 5.75 Å². The molecule has 1 heterocycles. The molecule has 0 aliphatic heterocycles. The van der Waals surface area contributed by atoms with Gasteiger partial charge in [-0.3, -0.25) is 4.79 Å². The predicted molar refractivity (Wildman–Crippen MR) is 146 cm³/mol. The van der Waals surface area contributed by atoms with Gasteiger partial charge < -0.3 is 14.0 Å². The maximum absolute atomic E-state index is 11.2. The van der Waals surface area contributed by atoms with Crippen molar-refractivity contribution < 1.29 is 14.3 Å². The fourth-order valence-corrected chi connectivity index (χ4v) is 4.18. The van der Waals surface area contributed by atoms with Crippen LogP contribution >= 0.6 is 23.2 Å². The Kier molecular flexibility index (Phi) is 8.47. The third kappa shape index (κ3) is 6.56. The van der Waals surface area contributed by atoms with Crippen LogP contribution in [-0.4, -0.2) is 29.2 Å². The molecule has 4 rings (SSSR count). The van der Waals surface area contributed by atoms with Gasteiger partial charge >= 0.3 is 5.97 Å². The Bertz CT molecular complexity index is 1360. The molecule has 0 aliphatic rings. The van der Waals surface area contributed by atoms with Gasteiger partial charge in [0.1, 0.15) is 11.6 Å². The summed E-state index contributed by atoms with van der Waals surface area (Å²) in [7, 11) is 3.34. The highest BCUT2D eigenvalue weighted by molar-refractivity contribution is 6.36. The van der Waals surface area contributed by atoms with Crippen molar-refractivity contribution in [3.05, 3.63) is 94.4 Å². The fourth-order valence-electron chi connectivity index (χ4n) is 3.67. The van der Waals surface area contributed by atoms with Crippen LogP contribution in [0, 0.1) is 0 Å². The SMILES string of the molecule is COC(=O)CCCOc1ccc(-c2ccc(C=Cc3nc(-c4ccc(Cl)cc4Cl)cn3C)cc2)cc1. The molecular formula is C29H26Cl2N2O3. The quantitative estimate of drug-likeness (QED) is 0.168. The number of aromatic nitrogens is 2. The van der Waals surface area contributed by atoms with Gasteiger partial charge in [0, 0.05) is 30.3 Å². The lowest BCUT2D eigenvalue weighted by Gasteiger charge is -2.07. The summed E-state index contributed by atoms with van der Waals surface area (Å²) in [4.78, 5) is 15.9. The summed E-state index contributed by atoms with van der Waals surface area (Å²) >= 11 is 12.4. The first-order chi connectivity index (χ1) is 17.4. The van der Waals surface area contributed by atoms with Crippen molar-refractivity contribution in [3.63, 3.8) is 0 Å². The molecule has 36 heavy (non-hydrogen) atoms. The molecule has 0 radical (unpaired) electrons. The predicted octanol–water partition coefficient (Wildman–Crippen LogP) is 7.56. The molecule has 4 aromatic rings. The van der Waals surface area contributed by atoms with Crippen LogP contribution in [0.15, 0.2) is 72.9 Å². The molecule has 0 amide bonds. The number of halogens is 2. The summed E-state index contributed by atoms with van der Waals surface area (Å²) in [5.41, 5.74) is 4.92. The number of benzene rings is 3. The van der Waals surface area contributed by atoms with Crippen molar-refractivity contribution in [2.24, 2.45) is 7.05 Å². The van der Waals surface area contributed by atoms with Gasteiger partial charge in [-0.1, -0.05) is 65.7 Å². The number of carbonyl (C=O) groups excluding carboxylic acids is 1. The van der Waals surface area contributed by atoms with Crippen LogP contribution in [0.25, 0.3) is 34.5 Å². The summed E-state index contributed by atoms with van der Waals surface area (Å²) < 4.78 is 12.3. The van der Waals surface area contributed by atoms with E-state index in [1.54, 1.807) is 6.07 Å². The molecule has 0 aliphatic carbocycles. The Balaban J connectivity index is 1.38. The summed E-state index contributed by atoms with van der Waals surface area (Å²) in [5, 5.41) is 1.17. The Morgan fingerprint density at radius 2 is 1.67 bits per heavy atom. The number of methoxy groups -OCH3 is 1. The van der Waals surface area contributed by atoms with Crippen LogP contribution in [0.3, 0.4) is 0 Å². The normalized spacial score (nSPS) is 11.1. The highest BCUT2D eigenvalue weighted by atomic mass is 35.5. The maximum Gasteiger partial charge on any atom is 0.305 e. The van der Waals surface area contributed by atoms with E-state index in [-0.39, 0.29) is 5.97 Å². The zero-order valence-electron chi connectivity index (χ0n) is 20.1. The van der Waals surface area contributed by atoms with E-state index in [4.69, 9.17) is 32.9 Å². The smallest absolute Gasteiger partial charge is 0.305 e. The molecule has 1 aromatic heterocycles. The minimum absolute atomic E-state index is 0.222. The summed E-state index contributed by atoms with van der Waals surface area (Å²) in [6, 6.07) is 21.7. The average molecular weight is 521 g/mol. The number of aryl methyl sites for hydroxylation is 1. The number of hydrogen-bond acceptors (Lipinski definition) is 4. The van der Waals surface area contributed by atoms with Gasteiger partial charge in [0.2, 0.25) is 0 Å². The summed E-state index contributed by atoms with van der Waals surface area (Å²) in [6.07, 6.45) is 6.94. The first kappa shape index (κ1) is 25.5. The van der Waals surface area contributed by atoms with Gasteiger partial charge in [-0.15, -0.1) is 0 Å². The van der Waals surface area contributed by atoms with Gasteiger partial charge in [0.15, 0.2) is 0 Å². The molecule has 0 saturated heterocycles. The summed E-state index contributed by atoms with van der Waals surface area (Å²) in [5.74, 6) is 1.37.